The molecule has 1 atom stereocenters. The van der Waals surface area contributed by atoms with Crippen molar-refractivity contribution in [2.24, 2.45) is 7.05 Å². The second-order valence-corrected chi connectivity index (χ2v) is 5.86. The van der Waals surface area contributed by atoms with Gasteiger partial charge in [0.25, 0.3) is 5.91 Å². The van der Waals surface area contributed by atoms with E-state index in [1.165, 1.54) is 6.20 Å². The van der Waals surface area contributed by atoms with Gasteiger partial charge in [0.1, 0.15) is 0 Å². The van der Waals surface area contributed by atoms with Gasteiger partial charge in [0.15, 0.2) is 5.65 Å². The third kappa shape index (κ3) is 3.44. The van der Waals surface area contributed by atoms with Gasteiger partial charge in [0, 0.05) is 31.6 Å². The van der Waals surface area contributed by atoms with E-state index in [9.17, 15) is 9.90 Å². The number of aliphatic hydroxyl groups excluding tert-OH is 1. The lowest BCUT2D eigenvalue weighted by Gasteiger charge is -2.12. The van der Waals surface area contributed by atoms with Crippen molar-refractivity contribution < 1.29 is 9.90 Å². The fourth-order valence-corrected chi connectivity index (χ4v) is 2.70. The average molecular weight is 324 g/mol. The van der Waals surface area contributed by atoms with Gasteiger partial charge < -0.3 is 10.4 Å². The summed E-state index contributed by atoms with van der Waals surface area (Å²) in [7, 11) is 1.82. The standard InChI is InChI=1S/C18H20N4O2/c1-12-16-9-14(10-19-17(16)22(2)21-12)18(24)20-11-15(23)8-13-6-4-3-5-7-13/h3-7,9-10,15,23H,8,11H2,1-2H3,(H,20,24). The Balaban J connectivity index is 1.63. The number of nitrogens with zero attached hydrogens (tertiary/aromatic N) is 3. The van der Waals surface area contributed by atoms with Gasteiger partial charge in [-0.15, -0.1) is 0 Å². The van der Waals surface area contributed by atoms with Crippen LogP contribution in [0.4, 0.5) is 0 Å². The third-order valence-electron chi connectivity index (χ3n) is 3.94. The molecule has 0 aliphatic heterocycles. The third-order valence-corrected chi connectivity index (χ3v) is 3.94. The number of fused-ring (bicyclic) bond motifs is 1. The molecule has 124 valence electrons. The fraction of sp³-hybridized carbons (Fsp3) is 0.278. The Morgan fingerprint density at radius 3 is 2.83 bits per heavy atom. The van der Waals surface area contributed by atoms with Gasteiger partial charge in [0.2, 0.25) is 0 Å². The SMILES string of the molecule is Cc1nn(C)c2ncc(C(=O)NCC(O)Cc3ccccc3)cc12. The lowest BCUT2D eigenvalue weighted by atomic mass is 10.1. The second kappa shape index (κ2) is 6.80. The Morgan fingerprint density at radius 1 is 1.33 bits per heavy atom. The molecule has 0 fully saturated rings. The van der Waals surface area contributed by atoms with E-state index in [0.29, 0.717) is 12.0 Å². The lowest BCUT2D eigenvalue weighted by Crippen LogP contribution is -2.33. The van der Waals surface area contributed by atoms with Crippen LogP contribution in [-0.2, 0) is 13.5 Å². The maximum Gasteiger partial charge on any atom is 0.252 e. The number of amides is 1. The van der Waals surface area contributed by atoms with Gasteiger partial charge >= 0.3 is 0 Å². The Hall–Kier alpha value is -2.73. The number of benzene rings is 1. The molecule has 0 bridgehead atoms. The van der Waals surface area contributed by atoms with Crippen LogP contribution in [0.5, 0.6) is 0 Å². The maximum atomic E-state index is 12.3. The van der Waals surface area contributed by atoms with Gasteiger partial charge in [-0.1, -0.05) is 30.3 Å². The van der Waals surface area contributed by atoms with E-state index in [1.54, 1.807) is 10.7 Å². The zero-order chi connectivity index (χ0) is 17.1. The summed E-state index contributed by atoms with van der Waals surface area (Å²) >= 11 is 0. The summed E-state index contributed by atoms with van der Waals surface area (Å²) in [6.45, 7) is 2.08. The minimum absolute atomic E-state index is 0.192. The minimum atomic E-state index is -0.631. The monoisotopic (exact) mass is 324 g/mol. The van der Waals surface area contributed by atoms with Crippen LogP contribution < -0.4 is 5.32 Å². The average Bonchev–Trinajstić information content (AvgIpc) is 2.87. The summed E-state index contributed by atoms with van der Waals surface area (Å²) in [5, 5.41) is 18.0. The van der Waals surface area contributed by atoms with Crippen LogP contribution in [0.15, 0.2) is 42.6 Å². The number of aliphatic hydroxyl groups is 1. The van der Waals surface area contributed by atoms with Crippen molar-refractivity contribution in [2.45, 2.75) is 19.4 Å². The Morgan fingerprint density at radius 2 is 2.08 bits per heavy atom. The molecule has 6 heteroatoms. The lowest BCUT2D eigenvalue weighted by molar-refractivity contribution is 0.0915. The molecule has 3 rings (SSSR count). The summed E-state index contributed by atoms with van der Waals surface area (Å²) in [4.78, 5) is 16.6. The van der Waals surface area contributed by atoms with Crippen LogP contribution in [0.2, 0.25) is 0 Å². The number of nitrogens with one attached hydrogen (secondary N) is 1. The van der Waals surface area contributed by atoms with Crippen LogP contribution in [-0.4, -0.2) is 38.4 Å². The molecular weight excluding hydrogens is 304 g/mol. The predicted octanol–water partition coefficient (Wildman–Crippen LogP) is 1.61. The molecule has 1 unspecified atom stereocenters. The molecule has 1 aromatic carbocycles. The van der Waals surface area contributed by atoms with Crippen LogP contribution in [0.25, 0.3) is 11.0 Å². The summed E-state index contributed by atoms with van der Waals surface area (Å²) in [6, 6.07) is 11.5. The zero-order valence-corrected chi connectivity index (χ0v) is 13.7. The Kier molecular flexibility index (Phi) is 4.57. The number of hydrogen-bond acceptors (Lipinski definition) is 4. The molecule has 0 aliphatic rings. The zero-order valence-electron chi connectivity index (χ0n) is 13.7. The van der Waals surface area contributed by atoms with Gasteiger partial charge in [-0.25, -0.2) is 4.98 Å². The first-order chi connectivity index (χ1) is 11.5. The number of carbonyl (C=O) groups excluding carboxylic acids is 1. The number of hydrogen-bond donors (Lipinski definition) is 2. The van der Waals surface area contributed by atoms with Crippen molar-refractivity contribution in [1.82, 2.24) is 20.1 Å². The largest absolute Gasteiger partial charge is 0.391 e. The highest BCUT2D eigenvalue weighted by Crippen LogP contribution is 2.16. The van der Waals surface area contributed by atoms with E-state index in [1.807, 2.05) is 44.3 Å². The molecule has 0 aliphatic carbocycles. The summed E-state index contributed by atoms with van der Waals surface area (Å²) in [6.07, 6.45) is 1.40. The van der Waals surface area contributed by atoms with Crippen molar-refractivity contribution in [1.29, 1.82) is 0 Å². The van der Waals surface area contributed by atoms with Gasteiger partial charge in [-0.3, -0.25) is 9.48 Å². The van der Waals surface area contributed by atoms with E-state index in [0.717, 1.165) is 22.3 Å². The van der Waals surface area contributed by atoms with Gasteiger partial charge in [0.05, 0.1) is 17.4 Å². The van der Waals surface area contributed by atoms with Crippen LogP contribution >= 0.6 is 0 Å². The van der Waals surface area contributed by atoms with Crippen molar-refractivity contribution in [2.75, 3.05) is 6.54 Å². The van der Waals surface area contributed by atoms with E-state index in [-0.39, 0.29) is 12.5 Å². The number of aromatic nitrogens is 3. The first-order valence-electron chi connectivity index (χ1n) is 7.84. The highest BCUT2D eigenvalue weighted by atomic mass is 16.3. The first-order valence-corrected chi connectivity index (χ1v) is 7.84. The van der Waals surface area contributed by atoms with Crippen LogP contribution in [0.3, 0.4) is 0 Å². The predicted molar refractivity (Wildman–Crippen MR) is 91.7 cm³/mol. The van der Waals surface area contributed by atoms with Crippen molar-refractivity contribution in [3.63, 3.8) is 0 Å². The van der Waals surface area contributed by atoms with Crippen molar-refractivity contribution >= 4 is 16.9 Å². The highest BCUT2D eigenvalue weighted by molar-refractivity contribution is 5.97. The van der Waals surface area contributed by atoms with Gasteiger partial charge in [-0.2, -0.15) is 5.10 Å². The van der Waals surface area contributed by atoms with E-state index < -0.39 is 6.10 Å². The number of rotatable bonds is 5. The van der Waals surface area contributed by atoms with Gasteiger partial charge in [-0.05, 0) is 18.6 Å². The number of pyridine rings is 1. The first kappa shape index (κ1) is 16.1. The van der Waals surface area contributed by atoms with Crippen LogP contribution in [0, 0.1) is 6.92 Å². The summed E-state index contributed by atoms with van der Waals surface area (Å²) < 4.78 is 1.69. The Labute approximate surface area is 140 Å². The minimum Gasteiger partial charge on any atom is -0.391 e. The molecule has 2 heterocycles. The quantitative estimate of drug-likeness (QED) is 0.747. The van der Waals surface area contributed by atoms with E-state index in [2.05, 4.69) is 15.4 Å². The molecule has 0 saturated carbocycles. The number of aryl methyl sites for hydroxylation is 2. The van der Waals surface area contributed by atoms with Crippen molar-refractivity contribution in [3.8, 4) is 0 Å². The van der Waals surface area contributed by atoms with E-state index in [4.69, 9.17) is 0 Å². The Bertz CT molecular complexity index is 858. The molecular formula is C18H20N4O2. The molecule has 2 aromatic heterocycles. The molecule has 3 aromatic rings. The highest BCUT2D eigenvalue weighted by Gasteiger charge is 2.13. The molecule has 1 amide bonds. The molecule has 6 nitrogen and oxygen atoms in total. The smallest absolute Gasteiger partial charge is 0.252 e. The van der Waals surface area contributed by atoms with E-state index >= 15 is 0 Å². The topological polar surface area (TPSA) is 80.0 Å². The normalized spacial score (nSPS) is 12.3. The molecule has 0 radical (unpaired) electrons. The molecule has 2 N–H and O–H groups in total. The molecule has 0 spiro atoms. The maximum absolute atomic E-state index is 12.3. The van der Waals surface area contributed by atoms with Crippen LogP contribution in [0.1, 0.15) is 21.6 Å². The summed E-state index contributed by atoms with van der Waals surface area (Å²) in [5.74, 6) is -0.250. The number of carbonyl (C=O) groups is 1. The fourth-order valence-electron chi connectivity index (χ4n) is 2.70. The summed E-state index contributed by atoms with van der Waals surface area (Å²) in [5.41, 5.74) is 3.07. The van der Waals surface area contributed by atoms with Crippen molar-refractivity contribution in [3.05, 3.63) is 59.4 Å². The molecule has 0 saturated heterocycles. The molecule has 24 heavy (non-hydrogen) atoms. The second-order valence-electron chi connectivity index (χ2n) is 5.86.